The van der Waals surface area contributed by atoms with Crippen molar-refractivity contribution >= 4 is 23.3 Å². The summed E-state index contributed by atoms with van der Waals surface area (Å²) >= 11 is 5.87. The van der Waals surface area contributed by atoms with Gasteiger partial charge in [-0.2, -0.15) is 4.68 Å². The topological polar surface area (TPSA) is 81.3 Å². The molecule has 1 amide bonds. The molecule has 1 aliphatic rings. The van der Waals surface area contributed by atoms with Crippen molar-refractivity contribution in [2.45, 2.75) is 51.6 Å². The molecule has 0 spiro atoms. The number of carbonyl (C=O) groups excluding carboxylic acids is 1. The SMILES string of the molecule is Cc1c(Cl)c([N+](=O)[O-])nn1CC(=O)N(C)C1CCCCC1. The van der Waals surface area contributed by atoms with Crippen LogP contribution in [0.4, 0.5) is 5.82 Å². The van der Waals surface area contributed by atoms with Crippen LogP contribution < -0.4 is 0 Å². The molecular weight excluding hydrogens is 296 g/mol. The standard InChI is InChI=1S/C13H19ClN4O3/c1-9-12(14)13(18(20)21)15-17(9)8-11(19)16(2)10-6-4-3-5-7-10/h10H,3-8H2,1-2H3. The van der Waals surface area contributed by atoms with E-state index in [2.05, 4.69) is 5.10 Å². The van der Waals surface area contributed by atoms with Gasteiger partial charge in [-0.05, 0) is 24.7 Å². The number of hydrogen-bond donors (Lipinski definition) is 0. The van der Waals surface area contributed by atoms with E-state index >= 15 is 0 Å². The molecule has 1 saturated carbocycles. The summed E-state index contributed by atoms with van der Waals surface area (Å²) in [7, 11) is 1.78. The Kier molecular flexibility index (Phi) is 4.82. The molecule has 0 aliphatic heterocycles. The number of nitrogens with zero attached hydrogens (tertiary/aromatic N) is 4. The fourth-order valence-electron chi connectivity index (χ4n) is 2.69. The number of nitro groups is 1. The molecule has 0 N–H and O–H groups in total. The Labute approximate surface area is 128 Å². The van der Waals surface area contributed by atoms with Crippen LogP contribution in [0.3, 0.4) is 0 Å². The first-order valence-electron chi connectivity index (χ1n) is 7.04. The lowest BCUT2D eigenvalue weighted by Crippen LogP contribution is -2.40. The zero-order valence-corrected chi connectivity index (χ0v) is 13.0. The number of amides is 1. The van der Waals surface area contributed by atoms with E-state index in [4.69, 9.17) is 11.6 Å². The van der Waals surface area contributed by atoms with Gasteiger partial charge in [0.05, 0.1) is 10.8 Å². The molecule has 0 bridgehead atoms. The van der Waals surface area contributed by atoms with Crippen LogP contribution in [0.15, 0.2) is 0 Å². The van der Waals surface area contributed by atoms with E-state index in [1.165, 1.54) is 11.1 Å². The van der Waals surface area contributed by atoms with Gasteiger partial charge >= 0.3 is 5.82 Å². The van der Waals surface area contributed by atoms with Crippen molar-refractivity contribution in [3.05, 3.63) is 20.8 Å². The highest BCUT2D eigenvalue weighted by atomic mass is 35.5. The van der Waals surface area contributed by atoms with Gasteiger partial charge in [0.15, 0.2) is 5.02 Å². The van der Waals surface area contributed by atoms with Gasteiger partial charge in [0.2, 0.25) is 5.91 Å². The monoisotopic (exact) mass is 314 g/mol. The second kappa shape index (κ2) is 6.43. The quantitative estimate of drug-likeness (QED) is 0.631. The van der Waals surface area contributed by atoms with Crippen molar-refractivity contribution in [2.75, 3.05) is 7.05 Å². The zero-order valence-electron chi connectivity index (χ0n) is 12.2. The number of halogens is 1. The molecule has 21 heavy (non-hydrogen) atoms. The smallest absolute Gasteiger partial charge is 0.358 e. The number of likely N-dealkylation sites (N-methyl/N-ethyl adjacent to an activating group) is 1. The minimum absolute atomic E-state index is 0.00637. The third-order valence-electron chi connectivity index (χ3n) is 4.09. The molecule has 1 fully saturated rings. The van der Waals surface area contributed by atoms with Gasteiger partial charge in [-0.1, -0.05) is 30.9 Å². The molecule has 0 saturated heterocycles. The molecule has 8 heteroatoms. The van der Waals surface area contributed by atoms with E-state index < -0.39 is 10.7 Å². The predicted molar refractivity (Wildman–Crippen MR) is 78.3 cm³/mol. The summed E-state index contributed by atoms with van der Waals surface area (Å²) in [6.07, 6.45) is 5.53. The van der Waals surface area contributed by atoms with Crippen LogP contribution in [-0.2, 0) is 11.3 Å². The van der Waals surface area contributed by atoms with Gasteiger partial charge in [0.1, 0.15) is 6.54 Å². The molecule has 0 unspecified atom stereocenters. The second-order valence-corrected chi connectivity index (χ2v) is 5.81. The maximum absolute atomic E-state index is 12.3. The summed E-state index contributed by atoms with van der Waals surface area (Å²) in [6, 6.07) is 0.257. The maximum Gasteiger partial charge on any atom is 0.408 e. The van der Waals surface area contributed by atoms with E-state index in [9.17, 15) is 14.9 Å². The van der Waals surface area contributed by atoms with Gasteiger partial charge in [0, 0.05) is 13.1 Å². The average molecular weight is 315 g/mol. The van der Waals surface area contributed by atoms with Crippen molar-refractivity contribution < 1.29 is 9.72 Å². The molecule has 0 atom stereocenters. The van der Waals surface area contributed by atoms with E-state index in [0.717, 1.165) is 25.7 Å². The summed E-state index contributed by atoms with van der Waals surface area (Å²) < 4.78 is 1.31. The highest BCUT2D eigenvalue weighted by molar-refractivity contribution is 6.33. The Morgan fingerprint density at radius 1 is 1.48 bits per heavy atom. The predicted octanol–water partition coefficient (Wildman–Crippen LogP) is 2.54. The van der Waals surface area contributed by atoms with Crippen LogP contribution in [0.2, 0.25) is 5.02 Å². The number of aromatic nitrogens is 2. The molecule has 1 aromatic heterocycles. The Balaban J connectivity index is 2.08. The van der Waals surface area contributed by atoms with Crippen LogP contribution >= 0.6 is 11.6 Å². The van der Waals surface area contributed by atoms with E-state index in [-0.39, 0.29) is 23.5 Å². The molecule has 0 radical (unpaired) electrons. The van der Waals surface area contributed by atoms with Crippen molar-refractivity contribution in [1.29, 1.82) is 0 Å². The van der Waals surface area contributed by atoms with E-state index in [0.29, 0.717) is 5.69 Å². The summed E-state index contributed by atoms with van der Waals surface area (Å²) in [5, 5.41) is 14.6. The largest absolute Gasteiger partial charge is 0.408 e. The van der Waals surface area contributed by atoms with Crippen LogP contribution in [-0.4, -0.2) is 38.6 Å². The molecular formula is C13H19ClN4O3. The van der Waals surface area contributed by atoms with Crippen LogP contribution in [0.25, 0.3) is 0 Å². The molecule has 1 aromatic rings. The van der Waals surface area contributed by atoms with Gasteiger partial charge in [-0.25, -0.2) is 0 Å². The molecule has 1 heterocycles. The molecule has 1 aliphatic carbocycles. The first-order chi connectivity index (χ1) is 9.91. The van der Waals surface area contributed by atoms with Gasteiger partial charge in [0.25, 0.3) is 0 Å². The maximum atomic E-state index is 12.3. The lowest BCUT2D eigenvalue weighted by molar-refractivity contribution is -0.389. The summed E-state index contributed by atoms with van der Waals surface area (Å²) in [5.74, 6) is -0.499. The minimum atomic E-state index is -0.638. The van der Waals surface area contributed by atoms with Gasteiger partial charge < -0.3 is 15.0 Å². The van der Waals surface area contributed by atoms with Crippen LogP contribution in [0.1, 0.15) is 37.8 Å². The average Bonchev–Trinajstić information content (AvgIpc) is 2.76. The fraction of sp³-hybridized carbons (Fsp3) is 0.692. The Morgan fingerprint density at radius 2 is 2.10 bits per heavy atom. The lowest BCUT2D eigenvalue weighted by atomic mass is 9.94. The van der Waals surface area contributed by atoms with Crippen molar-refractivity contribution in [3.63, 3.8) is 0 Å². The van der Waals surface area contributed by atoms with Crippen molar-refractivity contribution in [3.8, 4) is 0 Å². The Bertz CT molecular complexity index is 552. The third-order valence-corrected chi connectivity index (χ3v) is 4.53. The number of carbonyl (C=O) groups is 1. The number of rotatable bonds is 4. The second-order valence-electron chi connectivity index (χ2n) is 5.43. The van der Waals surface area contributed by atoms with E-state index in [1.807, 2.05) is 0 Å². The van der Waals surface area contributed by atoms with Crippen molar-refractivity contribution in [1.82, 2.24) is 14.7 Å². The molecule has 2 rings (SSSR count). The first kappa shape index (κ1) is 15.8. The Hall–Kier alpha value is -1.63. The molecule has 0 aromatic carbocycles. The minimum Gasteiger partial charge on any atom is -0.358 e. The lowest BCUT2D eigenvalue weighted by Gasteiger charge is -2.31. The summed E-state index contributed by atoms with van der Waals surface area (Å²) in [5.41, 5.74) is 0.439. The fourth-order valence-corrected chi connectivity index (χ4v) is 2.89. The van der Waals surface area contributed by atoms with E-state index in [1.54, 1.807) is 18.9 Å². The third kappa shape index (κ3) is 3.34. The highest BCUT2D eigenvalue weighted by Gasteiger charge is 2.27. The summed E-state index contributed by atoms with van der Waals surface area (Å²) in [6.45, 7) is 1.60. The van der Waals surface area contributed by atoms with Gasteiger partial charge in [-0.3, -0.25) is 4.79 Å². The number of hydrogen-bond acceptors (Lipinski definition) is 4. The van der Waals surface area contributed by atoms with Crippen molar-refractivity contribution in [2.24, 2.45) is 0 Å². The highest BCUT2D eigenvalue weighted by Crippen LogP contribution is 2.27. The van der Waals surface area contributed by atoms with Crippen LogP contribution in [0, 0.1) is 17.0 Å². The molecule has 116 valence electrons. The van der Waals surface area contributed by atoms with Crippen LogP contribution in [0.5, 0.6) is 0 Å². The zero-order chi connectivity index (χ0) is 15.6. The normalized spacial score (nSPS) is 16.0. The van der Waals surface area contributed by atoms with Gasteiger partial charge in [-0.15, -0.1) is 0 Å². The Morgan fingerprint density at radius 3 is 2.62 bits per heavy atom. The first-order valence-corrected chi connectivity index (χ1v) is 7.42. The summed E-state index contributed by atoms with van der Waals surface area (Å²) in [4.78, 5) is 24.2. The molecule has 7 nitrogen and oxygen atoms in total.